The molecule has 0 atom stereocenters. The normalized spacial score (nSPS) is 9.95. The van der Waals surface area contributed by atoms with Gasteiger partial charge in [0.2, 0.25) is 0 Å². The van der Waals surface area contributed by atoms with Crippen LogP contribution < -0.4 is 15.4 Å². The Kier molecular flexibility index (Phi) is 7.14. The van der Waals surface area contributed by atoms with Crippen LogP contribution in [-0.4, -0.2) is 38.8 Å². The lowest BCUT2D eigenvalue weighted by molar-refractivity contribution is -0.122. The van der Waals surface area contributed by atoms with E-state index in [-0.39, 0.29) is 12.4 Å². The number of benzene rings is 1. The van der Waals surface area contributed by atoms with Crippen LogP contribution in [0.1, 0.15) is 0 Å². The first-order valence-corrected chi connectivity index (χ1v) is 6.43. The van der Waals surface area contributed by atoms with E-state index < -0.39 is 11.9 Å². The summed E-state index contributed by atoms with van der Waals surface area (Å²) in [5, 5.41) is 5.29. The minimum absolute atomic E-state index is 0.272. The fourth-order valence-electron chi connectivity index (χ4n) is 1.20. The van der Waals surface area contributed by atoms with Gasteiger partial charge < -0.3 is 14.8 Å². The van der Waals surface area contributed by atoms with E-state index in [2.05, 4.69) is 10.6 Å². The number of urea groups is 1. The lowest BCUT2D eigenvalue weighted by Gasteiger charge is -2.09. The molecule has 0 bridgehead atoms. The Morgan fingerprint density at radius 2 is 2.05 bits per heavy atom. The second-order valence-electron chi connectivity index (χ2n) is 3.66. The van der Waals surface area contributed by atoms with Gasteiger partial charge >= 0.3 is 6.03 Å². The van der Waals surface area contributed by atoms with E-state index in [4.69, 9.17) is 32.7 Å². The van der Waals surface area contributed by atoms with Crippen molar-refractivity contribution in [2.45, 2.75) is 0 Å². The van der Waals surface area contributed by atoms with Crippen molar-refractivity contribution in [1.82, 2.24) is 10.6 Å². The van der Waals surface area contributed by atoms with Crippen molar-refractivity contribution < 1.29 is 19.1 Å². The maximum Gasteiger partial charge on any atom is 0.321 e. The van der Waals surface area contributed by atoms with Crippen LogP contribution in [0.15, 0.2) is 18.2 Å². The molecular formula is C12H14Cl2N2O4. The number of nitrogens with one attached hydrogen (secondary N) is 2. The number of hydrogen-bond donors (Lipinski definition) is 2. The van der Waals surface area contributed by atoms with Crippen LogP contribution in [0.2, 0.25) is 10.0 Å². The summed E-state index contributed by atoms with van der Waals surface area (Å²) in [7, 11) is 1.51. The molecule has 110 valence electrons. The van der Waals surface area contributed by atoms with Gasteiger partial charge in [-0.3, -0.25) is 10.1 Å². The summed E-state index contributed by atoms with van der Waals surface area (Å²) >= 11 is 11.6. The number of carbonyl (C=O) groups is 2. The summed E-state index contributed by atoms with van der Waals surface area (Å²) in [4.78, 5) is 22.7. The first kappa shape index (κ1) is 16.6. The van der Waals surface area contributed by atoms with E-state index in [9.17, 15) is 9.59 Å². The Balaban J connectivity index is 2.36. The highest BCUT2D eigenvalue weighted by atomic mass is 35.5. The van der Waals surface area contributed by atoms with E-state index in [1.165, 1.54) is 13.2 Å². The third-order valence-corrected chi connectivity index (χ3v) is 2.64. The fraction of sp³-hybridized carbons (Fsp3) is 0.333. The zero-order valence-electron chi connectivity index (χ0n) is 10.7. The smallest absolute Gasteiger partial charge is 0.321 e. The molecule has 1 aromatic rings. The standard InChI is InChI=1S/C12H14Cl2N2O4/c1-19-5-4-15-12(18)16-11(17)7-20-10-6-8(13)2-3-9(10)14/h2-3,6H,4-5,7H2,1H3,(H2,15,16,17,18). The molecule has 1 aromatic carbocycles. The summed E-state index contributed by atoms with van der Waals surface area (Å²) in [5.41, 5.74) is 0. The highest BCUT2D eigenvalue weighted by molar-refractivity contribution is 6.34. The van der Waals surface area contributed by atoms with Crippen LogP contribution in [0.4, 0.5) is 4.79 Å². The Morgan fingerprint density at radius 1 is 1.30 bits per heavy atom. The molecule has 20 heavy (non-hydrogen) atoms. The molecule has 0 unspecified atom stereocenters. The summed E-state index contributed by atoms with van der Waals surface area (Å²) < 4.78 is 9.92. The number of amides is 3. The predicted molar refractivity (Wildman–Crippen MR) is 75.4 cm³/mol. The molecule has 6 nitrogen and oxygen atoms in total. The number of rotatable bonds is 6. The highest BCUT2D eigenvalue weighted by Gasteiger charge is 2.09. The average Bonchev–Trinajstić information content (AvgIpc) is 2.40. The Morgan fingerprint density at radius 3 is 2.75 bits per heavy atom. The minimum atomic E-state index is -0.618. The molecule has 0 aliphatic carbocycles. The van der Waals surface area contributed by atoms with Crippen molar-refractivity contribution >= 4 is 35.1 Å². The van der Waals surface area contributed by atoms with E-state index in [1.54, 1.807) is 12.1 Å². The van der Waals surface area contributed by atoms with Crippen LogP contribution in [0.25, 0.3) is 0 Å². The van der Waals surface area contributed by atoms with Crippen LogP contribution >= 0.6 is 23.2 Å². The van der Waals surface area contributed by atoms with E-state index in [0.717, 1.165) is 0 Å². The lowest BCUT2D eigenvalue weighted by Crippen LogP contribution is -2.42. The fourth-order valence-corrected chi connectivity index (χ4v) is 1.54. The van der Waals surface area contributed by atoms with Crippen molar-refractivity contribution in [2.75, 3.05) is 26.9 Å². The third-order valence-electron chi connectivity index (χ3n) is 2.10. The Hall–Kier alpha value is -1.50. The SMILES string of the molecule is COCCNC(=O)NC(=O)COc1cc(Cl)ccc1Cl. The van der Waals surface area contributed by atoms with E-state index in [0.29, 0.717) is 23.2 Å². The van der Waals surface area contributed by atoms with Gasteiger partial charge in [-0.1, -0.05) is 23.2 Å². The Bertz CT molecular complexity index is 483. The van der Waals surface area contributed by atoms with Crippen molar-refractivity contribution in [3.05, 3.63) is 28.2 Å². The molecule has 0 spiro atoms. The first-order valence-electron chi connectivity index (χ1n) is 5.67. The number of methoxy groups -OCH3 is 1. The monoisotopic (exact) mass is 320 g/mol. The van der Waals surface area contributed by atoms with E-state index >= 15 is 0 Å². The van der Waals surface area contributed by atoms with Gasteiger partial charge in [0.15, 0.2) is 6.61 Å². The quantitative estimate of drug-likeness (QED) is 0.784. The first-order chi connectivity index (χ1) is 9.52. The van der Waals surface area contributed by atoms with Crippen LogP contribution in [0.3, 0.4) is 0 Å². The zero-order chi connectivity index (χ0) is 15.0. The van der Waals surface area contributed by atoms with Gasteiger partial charge in [-0.25, -0.2) is 4.79 Å². The molecule has 0 saturated heterocycles. The van der Waals surface area contributed by atoms with Gasteiger partial charge in [0, 0.05) is 24.7 Å². The topological polar surface area (TPSA) is 76.7 Å². The number of imide groups is 1. The second kappa shape index (κ2) is 8.63. The molecule has 3 amide bonds. The molecule has 0 aliphatic rings. The summed E-state index contributed by atoms with van der Waals surface area (Å²) in [6.07, 6.45) is 0. The number of carbonyl (C=O) groups excluding carboxylic acids is 2. The van der Waals surface area contributed by atoms with E-state index in [1.807, 2.05) is 0 Å². The van der Waals surface area contributed by atoms with Gasteiger partial charge in [-0.15, -0.1) is 0 Å². The van der Waals surface area contributed by atoms with Gasteiger partial charge in [0.05, 0.1) is 11.6 Å². The maximum absolute atomic E-state index is 11.5. The average molecular weight is 321 g/mol. The van der Waals surface area contributed by atoms with Crippen molar-refractivity contribution in [3.8, 4) is 5.75 Å². The minimum Gasteiger partial charge on any atom is -0.482 e. The largest absolute Gasteiger partial charge is 0.482 e. The maximum atomic E-state index is 11.5. The van der Waals surface area contributed by atoms with Crippen molar-refractivity contribution in [1.29, 1.82) is 0 Å². The van der Waals surface area contributed by atoms with Crippen molar-refractivity contribution in [3.63, 3.8) is 0 Å². The molecule has 0 aromatic heterocycles. The number of halogens is 2. The summed E-state index contributed by atoms with van der Waals surface area (Å²) in [6.45, 7) is 0.310. The van der Waals surface area contributed by atoms with Gasteiger partial charge in [-0.05, 0) is 12.1 Å². The molecular weight excluding hydrogens is 307 g/mol. The molecule has 2 N–H and O–H groups in total. The number of hydrogen-bond acceptors (Lipinski definition) is 4. The third kappa shape index (κ3) is 6.10. The summed E-state index contributed by atoms with van der Waals surface area (Å²) in [6, 6.07) is 4.01. The molecule has 0 radical (unpaired) electrons. The summed E-state index contributed by atoms with van der Waals surface area (Å²) in [5.74, 6) is -0.329. The highest BCUT2D eigenvalue weighted by Crippen LogP contribution is 2.27. The molecule has 0 heterocycles. The predicted octanol–water partition coefficient (Wildman–Crippen LogP) is 1.84. The van der Waals surface area contributed by atoms with Crippen LogP contribution in [-0.2, 0) is 9.53 Å². The van der Waals surface area contributed by atoms with Gasteiger partial charge in [0.25, 0.3) is 5.91 Å². The molecule has 0 aliphatic heterocycles. The van der Waals surface area contributed by atoms with Crippen LogP contribution in [0.5, 0.6) is 5.75 Å². The Labute approximate surface area is 126 Å². The molecule has 8 heteroatoms. The van der Waals surface area contributed by atoms with Crippen LogP contribution in [0, 0.1) is 0 Å². The lowest BCUT2D eigenvalue weighted by atomic mass is 10.3. The van der Waals surface area contributed by atoms with Gasteiger partial charge in [-0.2, -0.15) is 0 Å². The molecule has 1 rings (SSSR count). The second-order valence-corrected chi connectivity index (χ2v) is 4.50. The molecule has 0 saturated carbocycles. The van der Waals surface area contributed by atoms with Gasteiger partial charge in [0.1, 0.15) is 5.75 Å². The molecule has 0 fully saturated rings. The number of ether oxygens (including phenoxy) is 2. The zero-order valence-corrected chi connectivity index (χ0v) is 12.3. The van der Waals surface area contributed by atoms with Crippen molar-refractivity contribution in [2.24, 2.45) is 0 Å².